The predicted octanol–water partition coefficient (Wildman–Crippen LogP) is 3.20. The van der Waals surface area contributed by atoms with Gasteiger partial charge in [-0.25, -0.2) is 4.68 Å². The second-order valence-corrected chi connectivity index (χ2v) is 7.89. The molecule has 1 aliphatic heterocycles. The van der Waals surface area contributed by atoms with Gasteiger partial charge in [0.1, 0.15) is 0 Å². The van der Waals surface area contributed by atoms with E-state index in [1.807, 2.05) is 53.2 Å². The maximum Gasteiger partial charge on any atom is 0.227 e. The number of anilines is 2. The van der Waals surface area contributed by atoms with Gasteiger partial charge in [0.2, 0.25) is 11.8 Å². The molecule has 30 heavy (non-hydrogen) atoms. The van der Waals surface area contributed by atoms with E-state index < -0.39 is 0 Å². The fourth-order valence-corrected chi connectivity index (χ4v) is 3.86. The molecule has 2 N–H and O–H groups in total. The number of benzene rings is 2. The Hall–Kier alpha value is -3.55. The van der Waals surface area contributed by atoms with E-state index in [-0.39, 0.29) is 24.2 Å². The summed E-state index contributed by atoms with van der Waals surface area (Å²) >= 11 is 0. The quantitative estimate of drug-likeness (QED) is 0.659. The molecule has 0 bridgehead atoms. The summed E-state index contributed by atoms with van der Waals surface area (Å²) in [6, 6.07) is 15.7. The van der Waals surface area contributed by atoms with Gasteiger partial charge in [-0.2, -0.15) is 0 Å². The highest BCUT2D eigenvalue weighted by atomic mass is 16.2. The van der Waals surface area contributed by atoms with Gasteiger partial charge in [0, 0.05) is 29.3 Å². The molecule has 0 unspecified atom stereocenters. The number of rotatable bonds is 6. The summed E-state index contributed by atoms with van der Waals surface area (Å²) in [6.07, 6.45) is 3.63. The Morgan fingerprint density at radius 1 is 1.17 bits per heavy atom. The third kappa shape index (κ3) is 3.80. The van der Waals surface area contributed by atoms with Gasteiger partial charge in [-0.05, 0) is 59.9 Å². The van der Waals surface area contributed by atoms with Crippen LogP contribution in [0.15, 0.2) is 48.5 Å². The third-order valence-electron chi connectivity index (χ3n) is 5.62. The Morgan fingerprint density at radius 2 is 2.03 bits per heavy atom. The van der Waals surface area contributed by atoms with Gasteiger partial charge in [-0.1, -0.05) is 30.3 Å². The predicted molar refractivity (Wildman–Crippen MR) is 112 cm³/mol. The van der Waals surface area contributed by atoms with Crippen molar-refractivity contribution in [2.24, 2.45) is 5.92 Å². The van der Waals surface area contributed by atoms with Gasteiger partial charge in [0.15, 0.2) is 5.82 Å². The minimum atomic E-state index is -0.194. The molecule has 2 amide bonds. The Morgan fingerprint density at radius 3 is 2.90 bits per heavy atom. The Balaban J connectivity index is 1.21. The molecule has 2 heterocycles. The first-order valence-corrected chi connectivity index (χ1v) is 10.2. The molecule has 8 heteroatoms. The monoisotopic (exact) mass is 402 g/mol. The van der Waals surface area contributed by atoms with Gasteiger partial charge in [-0.3, -0.25) is 9.59 Å². The standard InChI is InChI=1S/C22H22N6O2/c29-20(11-8-16-12-14-4-1-2-7-19(14)24-22(16)30)23-17-6-3-5-15(13-17)21-25-26-27-28(21)18-9-10-18/h1-7,13,16,18H,8-12H2,(H,23,29)(H,24,30)/t16-/m0/s1. The molecule has 8 nitrogen and oxygen atoms in total. The highest BCUT2D eigenvalue weighted by Crippen LogP contribution is 2.36. The van der Waals surface area contributed by atoms with Crippen LogP contribution in [0, 0.1) is 5.92 Å². The van der Waals surface area contributed by atoms with Gasteiger partial charge in [0.25, 0.3) is 0 Å². The first-order valence-electron chi connectivity index (χ1n) is 10.2. The van der Waals surface area contributed by atoms with Crippen molar-refractivity contribution >= 4 is 23.2 Å². The Labute approximate surface area is 173 Å². The zero-order valence-electron chi connectivity index (χ0n) is 16.4. The van der Waals surface area contributed by atoms with Crippen molar-refractivity contribution in [3.63, 3.8) is 0 Å². The summed E-state index contributed by atoms with van der Waals surface area (Å²) in [5.41, 5.74) is 3.55. The number of carbonyl (C=O) groups is 2. The summed E-state index contributed by atoms with van der Waals surface area (Å²) in [4.78, 5) is 24.8. The molecule has 2 aromatic carbocycles. The Kier molecular flexibility index (Phi) is 4.74. The fraction of sp³-hybridized carbons (Fsp3) is 0.318. The van der Waals surface area contributed by atoms with Crippen molar-refractivity contribution in [1.82, 2.24) is 20.2 Å². The lowest BCUT2D eigenvalue weighted by atomic mass is 9.89. The zero-order chi connectivity index (χ0) is 20.5. The lowest BCUT2D eigenvalue weighted by Crippen LogP contribution is -2.30. The summed E-state index contributed by atoms with van der Waals surface area (Å²) < 4.78 is 1.85. The number of fused-ring (bicyclic) bond motifs is 1. The Bertz CT molecular complexity index is 1100. The number of para-hydroxylation sites is 1. The number of hydrogen-bond acceptors (Lipinski definition) is 5. The van der Waals surface area contributed by atoms with Gasteiger partial charge in [0.05, 0.1) is 6.04 Å². The zero-order valence-corrected chi connectivity index (χ0v) is 16.4. The molecule has 0 spiro atoms. The molecule has 1 aromatic heterocycles. The molecule has 1 saturated carbocycles. The average molecular weight is 402 g/mol. The number of nitrogens with one attached hydrogen (secondary N) is 2. The second kappa shape index (κ2) is 7.70. The minimum absolute atomic E-state index is 0.0181. The van der Waals surface area contributed by atoms with Crippen LogP contribution in [-0.2, 0) is 16.0 Å². The van der Waals surface area contributed by atoms with Gasteiger partial charge in [-0.15, -0.1) is 5.10 Å². The lowest BCUT2D eigenvalue weighted by Gasteiger charge is -2.24. The van der Waals surface area contributed by atoms with Crippen LogP contribution in [0.5, 0.6) is 0 Å². The number of nitrogens with zero attached hydrogens (tertiary/aromatic N) is 4. The summed E-state index contributed by atoms with van der Waals surface area (Å²) in [5.74, 6) is 0.391. The van der Waals surface area contributed by atoms with Crippen molar-refractivity contribution in [2.75, 3.05) is 10.6 Å². The molecular weight excluding hydrogens is 380 g/mol. The van der Waals surface area contributed by atoms with E-state index in [4.69, 9.17) is 0 Å². The highest BCUT2D eigenvalue weighted by Gasteiger charge is 2.28. The molecule has 152 valence electrons. The molecule has 2 aliphatic rings. The van der Waals surface area contributed by atoms with Crippen LogP contribution in [0.1, 0.15) is 37.3 Å². The molecule has 3 aromatic rings. The summed E-state index contributed by atoms with van der Waals surface area (Å²) in [7, 11) is 0. The number of amides is 2. The van der Waals surface area contributed by atoms with E-state index in [0.717, 1.165) is 29.7 Å². The van der Waals surface area contributed by atoms with E-state index in [0.29, 0.717) is 30.4 Å². The van der Waals surface area contributed by atoms with Crippen LogP contribution < -0.4 is 10.6 Å². The smallest absolute Gasteiger partial charge is 0.227 e. The molecule has 5 rings (SSSR count). The normalized spacial score (nSPS) is 17.9. The van der Waals surface area contributed by atoms with Crippen molar-refractivity contribution < 1.29 is 9.59 Å². The number of aromatic nitrogens is 4. The summed E-state index contributed by atoms with van der Waals surface area (Å²) in [6.45, 7) is 0. The van der Waals surface area contributed by atoms with E-state index in [1.165, 1.54) is 0 Å². The average Bonchev–Trinajstić information content (AvgIpc) is 3.48. The van der Waals surface area contributed by atoms with Crippen LogP contribution in [0.3, 0.4) is 0 Å². The molecular formula is C22H22N6O2. The molecule has 1 atom stereocenters. The maximum atomic E-state index is 12.5. The molecule has 1 fully saturated rings. The van der Waals surface area contributed by atoms with Crippen LogP contribution in [0.25, 0.3) is 11.4 Å². The lowest BCUT2D eigenvalue weighted by molar-refractivity contribution is -0.121. The van der Waals surface area contributed by atoms with Gasteiger partial charge >= 0.3 is 0 Å². The summed E-state index contributed by atoms with van der Waals surface area (Å²) in [5, 5.41) is 17.9. The minimum Gasteiger partial charge on any atom is -0.326 e. The topological polar surface area (TPSA) is 102 Å². The molecule has 0 saturated heterocycles. The van der Waals surface area contributed by atoms with Crippen molar-refractivity contribution in [3.8, 4) is 11.4 Å². The van der Waals surface area contributed by atoms with E-state index in [9.17, 15) is 9.59 Å². The first kappa shape index (κ1) is 18.5. The maximum absolute atomic E-state index is 12.5. The van der Waals surface area contributed by atoms with Gasteiger partial charge < -0.3 is 10.6 Å². The van der Waals surface area contributed by atoms with Crippen LogP contribution in [-0.4, -0.2) is 32.0 Å². The number of tetrazole rings is 1. The van der Waals surface area contributed by atoms with Crippen LogP contribution >= 0.6 is 0 Å². The molecule has 1 aliphatic carbocycles. The largest absolute Gasteiger partial charge is 0.326 e. The molecule has 0 radical (unpaired) electrons. The first-order chi connectivity index (χ1) is 14.7. The number of carbonyl (C=O) groups excluding carboxylic acids is 2. The van der Waals surface area contributed by atoms with Crippen molar-refractivity contribution in [1.29, 1.82) is 0 Å². The highest BCUT2D eigenvalue weighted by molar-refractivity contribution is 5.96. The van der Waals surface area contributed by atoms with Crippen molar-refractivity contribution in [3.05, 3.63) is 54.1 Å². The van der Waals surface area contributed by atoms with Crippen molar-refractivity contribution in [2.45, 2.75) is 38.1 Å². The SMILES string of the molecule is O=C(CC[C@H]1Cc2ccccc2NC1=O)Nc1cccc(-c2nnnn2C2CC2)c1. The van der Waals surface area contributed by atoms with E-state index in [1.54, 1.807) is 0 Å². The number of hydrogen-bond donors (Lipinski definition) is 2. The third-order valence-corrected chi connectivity index (χ3v) is 5.62. The van der Waals surface area contributed by atoms with E-state index in [2.05, 4.69) is 26.2 Å². The van der Waals surface area contributed by atoms with Crippen LogP contribution in [0.4, 0.5) is 11.4 Å². The fourth-order valence-electron chi connectivity index (χ4n) is 3.86. The van der Waals surface area contributed by atoms with E-state index >= 15 is 0 Å². The second-order valence-electron chi connectivity index (χ2n) is 7.89. The van der Waals surface area contributed by atoms with Crippen LogP contribution in [0.2, 0.25) is 0 Å².